The van der Waals surface area contributed by atoms with Gasteiger partial charge < -0.3 is 5.11 Å². The summed E-state index contributed by atoms with van der Waals surface area (Å²) in [5.74, 6) is -0.248. The van der Waals surface area contributed by atoms with Crippen molar-refractivity contribution < 1.29 is 9.90 Å². The molecular weight excluding hydrogens is 344 g/mol. The molecular formula is C26H34O2. The van der Waals surface area contributed by atoms with Gasteiger partial charge in [-0.2, -0.15) is 0 Å². The van der Waals surface area contributed by atoms with Crippen molar-refractivity contribution in [2.45, 2.75) is 78.1 Å². The molecule has 0 bridgehead atoms. The number of carboxylic acid groups (broad SMARTS) is 1. The van der Waals surface area contributed by atoms with Crippen molar-refractivity contribution in [3.63, 3.8) is 0 Å². The molecule has 150 valence electrons. The molecule has 3 rings (SSSR count). The average molecular weight is 379 g/mol. The molecule has 2 nitrogen and oxygen atoms in total. The van der Waals surface area contributed by atoms with E-state index < -0.39 is 5.97 Å². The number of carboxylic acids is 1. The third-order valence-corrected chi connectivity index (χ3v) is 7.00. The van der Waals surface area contributed by atoms with Crippen LogP contribution in [0.2, 0.25) is 0 Å². The van der Waals surface area contributed by atoms with Crippen molar-refractivity contribution in [3.05, 3.63) is 64.3 Å². The van der Waals surface area contributed by atoms with Crippen LogP contribution in [0.15, 0.2) is 47.6 Å². The number of fused-ring (bicyclic) bond motifs is 1. The van der Waals surface area contributed by atoms with Gasteiger partial charge in [-0.1, -0.05) is 65.0 Å². The Bertz CT molecular complexity index is 878. The molecule has 0 saturated heterocycles. The summed E-state index contributed by atoms with van der Waals surface area (Å²) in [6.45, 7) is 13.7. The molecule has 0 fully saturated rings. The van der Waals surface area contributed by atoms with E-state index in [1.807, 2.05) is 13.0 Å². The van der Waals surface area contributed by atoms with Gasteiger partial charge in [-0.05, 0) is 82.8 Å². The second-order valence-electron chi connectivity index (χ2n) is 9.89. The Morgan fingerprint density at radius 1 is 1.14 bits per heavy atom. The summed E-state index contributed by atoms with van der Waals surface area (Å²) < 4.78 is 0. The fourth-order valence-electron chi connectivity index (χ4n) is 5.01. The van der Waals surface area contributed by atoms with Crippen LogP contribution < -0.4 is 0 Å². The number of carbonyl (C=O) groups is 1. The van der Waals surface area contributed by atoms with E-state index in [1.165, 1.54) is 46.8 Å². The van der Waals surface area contributed by atoms with Crippen LogP contribution in [0.25, 0.3) is 5.57 Å². The van der Waals surface area contributed by atoms with Gasteiger partial charge in [-0.25, -0.2) is 4.79 Å². The zero-order valence-electron chi connectivity index (χ0n) is 18.2. The van der Waals surface area contributed by atoms with Crippen LogP contribution in [0.3, 0.4) is 0 Å². The molecule has 28 heavy (non-hydrogen) atoms. The number of hydrogen-bond acceptors (Lipinski definition) is 1. The molecule has 0 amide bonds. The first-order valence-corrected chi connectivity index (χ1v) is 10.5. The zero-order valence-corrected chi connectivity index (χ0v) is 18.2. The van der Waals surface area contributed by atoms with Gasteiger partial charge in [-0.15, -0.1) is 0 Å². The summed E-state index contributed by atoms with van der Waals surface area (Å²) in [7, 11) is 0. The van der Waals surface area contributed by atoms with Crippen molar-refractivity contribution in [2.24, 2.45) is 5.92 Å². The lowest BCUT2D eigenvalue weighted by Crippen LogP contribution is -2.40. The number of allylic oxidation sites excluding steroid dienone is 5. The normalized spacial score (nSPS) is 23.9. The maximum absolute atomic E-state index is 10.8. The molecule has 1 aromatic rings. The van der Waals surface area contributed by atoms with E-state index in [2.05, 4.69) is 58.9 Å². The van der Waals surface area contributed by atoms with Gasteiger partial charge >= 0.3 is 5.97 Å². The van der Waals surface area contributed by atoms with E-state index in [-0.39, 0.29) is 10.8 Å². The molecule has 1 unspecified atom stereocenters. The second-order valence-corrected chi connectivity index (χ2v) is 9.89. The molecule has 1 aromatic carbocycles. The molecule has 1 N–H and O–H groups in total. The van der Waals surface area contributed by atoms with Gasteiger partial charge in [-0.3, -0.25) is 0 Å². The van der Waals surface area contributed by atoms with Crippen molar-refractivity contribution in [2.75, 3.05) is 0 Å². The molecule has 0 saturated carbocycles. The predicted molar refractivity (Wildman–Crippen MR) is 118 cm³/mol. The highest BCUT2D eigenvalue weighted by Gasteiger charge is 2.42. The lowest BCUT2D eigenvalue weighted by molar-refractivity contribution is -0.131. The number of rotatable bonds is 4. The van der Waals surface area contributed by atoms with Gasteiger partial charge in [0.1, 0.15) is 0 Å². The molecule has 2 heteroatoms. The highest BCUT2D eigenvalue weighted by Crippen LogP contribution is 2.50. The SMILES string of the molecule is CC(/C=C/C1=C(c2ccc3c(c2)C(C)(C)C(C)CC3(C)C)CCC1)=C\C(=O)O. The maximum atomic E-state index is 10.8. The largest absolute Gasteiger partial charge is 0.478 e. The Balaban J connectivity index is 2.03. The van der Waals surface area contributed by atoms with Crippen molar-refractivity contribution in [1.29, 1.82) is 0 Å². The lowest BCUT2D eigenvalue weighted by atomic mass is 9.58. The minimum absolute atomic E-state index is 0.177. The molecule has 2 aliphatic rings. The average Bonchev–Trinajstić information content (AvgIpc) is 3.06. The minimum Gasteiger partial charge on any atom is -0.478 e. The lowest BCUT2D eigenvalue weighted by Gasteiger charge is -2.46. The van der Waals surface area contributed by atoms with Crippen LogP contribution in [-0.4, -0.2) is 11.1 Å². The highest BCUT2D eigenvalue weighted by molar-refractivity contribution is 5.81. The first-order chi connectivity index (χ1) is 13.0. The Kier molecular flexibility index (Phi) is 5.44. The third-order valence-electron chi connectivity index (χ3n) is 7.00. The number of benzene rings is 1. The molecule has 1 atom stereocenters. The highest BCUT2D eigenvalue weighted by atomic mass is 16.4. The summed E-state index contributed by atoms with van der Waals surface area (Å²) in [6, 6.07) is 7.11. The van der Waals surface area contributed by atoms with Gasteiger partial charge in [0.2, 0.25) is 0 Å². The van der Waals surface area contributed by atoms with Crippen LogP contribution in [-0.2, 0) is 15.6 Å². The smallest absolute Gasteiger partial charge is 0.328 e. The number of aliphatic carboxylic acids is 1. The van der Waals surface area contributed by atoms with Gasteiger partial charge in [0, 0.05) is 6.08 Å². The quantitative estimate of drug-likeness (QED) is 0.462. The topological polar surface area (TPSA) is 37.3 Å². The Labute approximate surface area is 170 Å². The van der Waals surface area contributed by atoms with E-state index in [0.29, 0.717) is 5.92 Å². The standard InChI is InChI=1S/C26H34O2/c1-17(14-24(27)28)10-11-19-8-7-9-21(19)20-12-13-22-23(15-20)26(5,6)18(2)16-25(22,3)4/h10-15,18H,7-9,16H2,1-6H3,(H,27,28)/b11-10+,17-14+. The van der Waals surface area contributed by atoms with Crippen LogP contribution in [0, 0.1) is 5.92 Å². The molecule has 0 aliphatic heterocycles. The van der Waals surface area contributed by atoms with E-state index in [9.17, 15) is 4.79 Å². The van der Waals surface area contributed by atoms with Crippen LogP contribution >= 0.6 is 0 Å². The van der Waals surface area contributed by atoms with Crippen molar-refractivity contribution in [1.82, 2.24) is 0 Å². The van der Waals surface area contributed by atoms with Gasteiger partial charge in [0.15, 0.2) is 0 Å². The molecule has 0 spiro atoms. The summed E-state index contributed by atoms with van der Waals surface area (Å²) in [6.07, 6.45) is 9.86. The first-order valence-electron chi connectivity index (χ1n) is 10.5. The Hall–Kier alpha value is -2.09. The summed E-state index contributed by atoms with van der Waals surface area (Å²) >= 11 is 0. The summed E-state index contributed by atoms with van der Waals surface area (Å²) in [4.78, 5) is 10.8. The van der Waals surface area contributed by atoms with Crippen molar-refractivity contribution >= 4 is 11.5 Å². The number of hydrogen-bond donors (Lipinski definition) is 1. The van der Waals surface area contributed by atoms with Gasteiger partial charge in [0.05, 0.1) is 0 Å². The third kappa shape index (κ3) is 3.87. The van der Waals surface area contributed by atoms with Crippen molar-refractivity contribution in [3.8, 4) is 0 Å². The predicted octanol–water partition coefficient (Wildman–Crippen LogP) is 6.81. The molecule has 0 aromatic heterocycles. The van der Waals surface area contributed by atoms with Crippen LogP contribution in [0.1, 0.15) is 83.9 Å². The summed E-state index contributed by atoms with van der Waals surface area (Å²) in [5.41, 5.74) is 8.27. The Morgan fingerprint density at radius 2 is 1.86 bits per heavy atom. The van der Waals surface area contributed by atoms with E-state index in [0.717, 1.165) is 18.4 Å². The van der Waals surface area contributed by atoms with E-state index in [4.69, 9.17) is 5.11 Å². The van der Waals surface area contributed by atoms with E-state index >= 15 is 0 Å². The molecule has 2 aliphatic carbocycles. The zero-order chi connectivity index (χ0) is 20.7. The minimum atomic E-state index is -0.892. The maximum Gasteiger partial charge on any atom is 0.328 e. The van der Waals surface area contributed by atoms with Gasteiger partial charge in [0.25, 0.3) is 0 Å². The molecule has 0 radical (unpaired) electrons. The first kappa shape index (κ1) is 20.6. The molecule has 0 heterocycles. The Morgan fingerprint density at radius 3 is 2.54 bits per heavy atom. The van der Waals surface area contributed by atoms with E-state index in [1.54, 1.807) is 0 Å². The second kappa shape index (κ2) is 7.39. The fraction of sp³-hybridized carbons (Fsp3) is 0.500. The van der Waals surface area contributed by atoms with Crippen LogP contribution in [0.4, 0.5) is 0 Å². The fourth-order valence-corrected chi connectivity index (χ4v) is 5.01. The summed E-state index contributed by atoms with van der Waals surface area (Å²) in [5, 5.41) is 8.91. The monoisotopic (exact) mass is 378 g/mol. The van der Waals surface area contributed by atoms with Crippen LogP contribution in [0.5, 0.6) is 0 Å².